The van der Waals surface area contributed by atoms with Gasteiger partial charge in [-0.3, -0.25) is 13.6 Å². The number of piperazine rings is 1. The first-order valence-electron chi connectivity index (χ1n) is 5.51. The first kappa shape index (κ1) is 19.7. The van der Waals surface area contributed by atoms with Crippen molar-refractivity contribution >= 4 is 20.2 Å². The minimum absolute atomic E-state index is 0. The van der Waals surface area contributed by atoms with Crippen LogP contribution in [0.5, 0.6) is 0 Å². The first-order chi connectivity index (χ1) is 8.23. The quantitative estimate of drug-likeness (QED) is 0.286. The Labute approximate surface area is 137 Å². The topological polar surface area (TPSA) is 113 Å². The average Bonchev–Trinajstić information content (AvgIpc) is 2.28. The van der Waals surface area contributed by atoms with E-state index in [1.54, 1.807) is 0 Å². The van der Waals surface area contributed by atoms with Gasteiger partial charge in [-0.2, -0.15) is 16.8 Å². The summed E-state index contributed by atoms with van der Waals surface area (Å²) < 4.78 is 55.6. The molecule has 8 nitrogen and oxygen atoms in total. The molecule has 11 heteroatoms. The van der Waals surface area contributed by atoms with E-state index in [-0.39, 0.29) is 37.6 Å². The number of hydrogen-bond donors (Lipinski definition) is 2. The van der Waals surface area contributed by atoms with E-state index in [1.165, 1.54) is 0 Å². The summed E-state index contributed by atoms with van der Waals surface area (Å²) >= 11 is 0. The smallest absolute Gasteiger partial charge is 1.00 e. The molecule has 1 aliphatic heterocycles. The van der Waals surface area contributed by atoms with Gasteiger partial charge in [0.1, 0.15) is 0 Å². The molecular weight excluding hydrogens is 307 g/mol. The Hall–Kier alpha value is 0.740. The second-order valence-corrected chi connectivity index (χ2v) is 7.95. The van der Waals surface area contributed by atoms with Crippen LogP contribution in [0.3, 0.4) is 0 Å². The molecule has 0 saturated carbocycles. The van der Waals surface area contributed by atoms with Crippen molar-refractivity contribution in [1.82, 2.24) is 10.2 Å². The Kier molecular flexibility index (Phi) is 8.57. The minimum atomic E-state index is -4.65. The van der Waals surface area contributed by atoms with Gasteiger partial charge in [-0.1, -0.05) is 0 Å². The normalized spacial score (nSPS) is 19.7. The molecule has 0 radical (unpaired) electrons. The van der Waals surface area contributed by atoms with Crippen molar-refractivity contribution in [3.8, 4) is 0 Å². The largest absolute Gasteiger partial charge is 1.00 e. The van der Waals surface area contributed by atoms with Crippen LogP contribution in [0, 0.1) is 0 Å². The number of nitrogens with one attached hydrogen (secondary N) is 1. The summed E-state index contributed by atoms with van der Waals surface area (Å²) in [5, 5.41) is 3.15. The van der Waals surface area contributed by atoms with Crippen molar-refractivity contribution in [2.24, 2.45) is 0 Å². The maximum atomic E-state index is 11.4. The molecule has 0 aliphatic carbocycles. The summed E-state index contributed by atoms with van der Waals surface area (Å²) in [4.78, 5) is 2.00. The van der Waals surface area contributed by atoms with Crippen molar-refractivity contribution in [2.45, 2.75) is 11.5 Å². The third kappa shape index (κ3) is 6.82. The standard InChI is InChI=1S/C8H18N2O6S2.Na.H/c1-8(17(11,12)13)18(14,15)16-7-6-10-4-2-9-3-5-10;;/h8-9H,2-7H2,1H3,(H,11,12,13);;/q;+1;-1. The monoisotopic (exact) mass is 326 g/mol. The zero-order valence-corrected chi connectivity index (χ0v) is 14.7. The Bertz CT molecular complexity index is 465. The van der Waals surface area contributed by atoms with Crippen molar-refractivity contribution < 1.29 is 56.6 Å². The van der Waals surface area contributed by atoms with Crippen molar-refractivity contribution in [1.29, 1.82) is 0 Å². The van der Waals surface area contributed by atoms with Gasteiger partial charge in [0.05, 0.1) is 6.61 Å². The molecule has 2 N–H and O–H groups in total. The summed E-state index contributed by atoms with van der Waals surface area (Å²) in [6.07, 6.45) is 0. The molecule has 0 aromatic carbocycles. The van der Waals surface area contributed by atoms with Gasteiger partial charge in [0.2, 0.25) is 4.58 Å². The van der Waals surface area contributed by atoms with Crippen LogP contribution in [0.4, 0.5) is 0 Å². The van der Waals surface area contributed by atoms with Gasteiger partial charge in [-0.05, 0) is 6.92 Å². The molecule has 1 saturated heterocycles. The average molecular weight is 326 g/mol. The van der Waals surface area contributed by atoms with E-state index in [2.05, 4.69) is 9.50 Å². The Morgan fingerprint density at radius 2 is 1.84 bits per heavy atom. The molecule has 0 spiro atoms. The Morgan fingerprint density at radius 1 is 1.32 bits per heavy atom. The number of rotatable bonds is 6. The van der Waals surface area contributed by atoms with E-state index in [0.29, 0.717) is 6.54 Å². The van der Waals surface area contributed by atoms with Crippen molar-refractivity contribution in [3.63, 3.8) is 0 Å². The van der Waals surface area contributed by atoms with Gasteiger partial charge in [0.15, 0.2) is 0 Å². The molecule has 0 bridgehead atoms. The van der Waals surface area contributed by atoms with Gasteiger partial charge < -0.3 is 6.74 Å². The van der Waals surface area contributed by atoms with E-state index in [4.69, 9.17) is 4.55 Å². The first-order valence-corrected chi connectivity index (χ1v) is 8.48. The molecule has 0 aromatic heterocycles. The van der Waals surface area contributed by atoms with E-state index in [0.717, 1.165) is 33.1 Å². The zero-order valence-electron chi connectivity index (χ0n) is 12.1. The predicted octanol–water partition coefficient (Wildman–Crippen LogP) is -4.41. The molecule has 0 amide bonds. The van der Waals surface area contributed by atoms with E-state index in [9.17, 15) is 16.8 Å². The molecule has 1 atom stereocenters. The second-order valence-electron chi connectivity index (χ2n) is 3.99. The van der Waals surface area contributed by atoms with Crippen molar-refractivity contribution in [2.75, 3.05) is 39.3 Å². The molecule has 1 fully saturated rings. The summed E-state index contributed by atoms with van der Waals surface area (Å²) in [6.45, 7) is 4.38. The molecule has 1 heterocycles. The molecule has 0 aromatic rings. The predicted molar refractivity (Wildman–Crippen MR) is 66.3 cm³/mol. The minimum Gasteiger partial charge on any atom is -1.00 e. The SMILES string of the molecule is CC(S(=O)(=O)O)S(=O)(=O)OCCN1CCNCC1.[H-].[Na+]. The van der Waals surface area contributed by atoms with E-state index < -0.39 is 24.8 Å². The fourth-order valence-electron chi connectivity index (χ4n) is 1.46. The van der Waals surface area contributed by atoms with Crippen LogP contribution >= 0.6 is 0 Å². The summed E-state index contributed by atoms with van der Waals surface area (Å²) in [6, 6.07) is 0. The van der Waals surface area contributed by atoms with Crippen LogP contribution in [0.1, 0.15) is 8.35 Å². The molecule has 1 aliphatic rings. The molecule has 19 heavy (non-hydrogen) atoms. The van der Waals surface area contributed by atoms with Crippen LogP contribution in [-0.4, -0.2) is 70.2 Å². The third-order valence-electron chi connectivity index (χ3n) is 2.69. The van der Waals surface area contributed by atoms with Gasteiger partial charge in [-0.15, -0.1) is 0 Å². The molecular formula is C8H19N2NaO6S2. The van der Waals surface area contributed by atoms with Gasteiger partial charge in [0.25, 0.3) is 20.2 Å². The maximum absolute atomic E-state index is 11.4. The second kappa shape index (κ2) is 8.25. The van der Waals surface area contributed by atoms with Crippen LogP contribution in [0.15, 0.2) is 0 Å². The Morgan fingerprint density at radius 3 is 2.32 bits per heavy atom. The van der Waals surface area contributed by atoms with Crippen LogP contribution < -0.4 is 34.9 Å². The fourth-order valence-corrected chi connectivity index (χ4v) is 3.32. The summed E-state index contributed by atoms with van der Waals surface area (Å²) in [5.41, 5.74) is 0. The molecule has 1 unspecified atom stereocenters. The van der Waals surface area contributed by atoms with Gasteiger partial charge in [0, 0.05) is 32.7 Å². The van der Waals surface area contributed by atoms with Crippen molar-refractivity contribution in [3.05, 3.63) is 0 Å². The van der Waals surface area contributed by atoms with E-state index in [1.807, 2.05) is 4.90 Å². The van der Waals surface area contributed by atoms with Crippen LogP contribution in [0.2, 0.25) is 0 Å². The number of hydrogen-bond acceptors (Lipinski definition) is 7. The maximum Gasteiger partial charge on any atom is 1.00 e. The third-order valence-corrected chi connectivity index (χ3v) is 6.27. The number of nitrogens with zero attached hydrogens (tertiary/aromatic N) is 1. The van der Waals surface area contributed by atoms with E-state index >= 15 is 0 Å². The summed E-state index contributed by atoms with van der Waals surface area (Å²) in [7, 11) is -8.95. The zero-order chi connectivity index (χ0) is 13.8. The molecule has 110 valence electrons. The van der Waals surface area contributed by atoms with Gasteiger partial charge in [-0.25, -0.2) is 0 Å². The Balaban J connectivity index is 0. The van der Waals surface area contributed by atoms with Crippen LogP contribution in [0.25, 0.3) is 0 Å². The van der Waals surface area contributed by atoms with Crippen LogP contribution in [-0.2, 0) is 24.4 Å². The summed E-state index contributed by atoms with van der Waals surface area (Å²) in [5.74, 6) is 0. The van der Waals surface area contributed by atoms with Gasteiger partial charge >= 0.3 is 29.6 Å². The molecule has 1 rings (SSSR count). The fraction of sp³-hybridized carbons (Fsp3) is 1.00.